The molecule has 0 spiro atoms. The van der Waals surface area contributed by atoms with Gasteiger partial charge in [-0.05, 0) is 13.8 Å². The summed E-state index contributed by atoms with van der Waals surface area (Å²) < 4.78 is 15.9. The molecular weight excluding hydrogens is 253 g/mol. The van der Waals surface area contributed by atoms with Crippen LogP contribution in [0.25, 0.3) is 4.96 Å². The molecule has 1 aliphatic heterocycles. The van der Waals surface area contributed by atoms with Gasteiger partial charge in [-0.25, -0.2) is 13.9 Å². The van der Waals surface area contributed by atoms with Crippen molar-refractivity contribution >= 4 is 21.4 Å². The van der Waals surface area contributed by atoms with Crippen LogP contribution in [0.5, 0.6) is 0 Å². The van der Waals surface area contributed by atoms with Gasteiger partial charge >= 0.3 is 0 Å². The monoisotopic (exact) mass is 269 g/mol. The lowest BCUT2D eigenvalue weighted by atomic mass is 10.1. The number of hydrogen-bond donors (Lipinski definition) is 1. The van der Waals surface area contributed by atoms with Gasteiger partial charge < -0.3 is 10.2 Å². The first kappa shape index (κ1) is 11.9. The smallest absolute Gasteiger partial charge is 0.214 e. The molecule has 18 heavy (non-hydrogen) atoms. The summed E-state index contributed by atoms with van der Waals surface area (Å²) in [7, 11) is 0. The summed E-state index contributed by atoms with van der Waals surface area (Å²) in [6.45, 7) is 5.88. The van der Waals surface area contributed by atoms with Gasteiger partial charge in [-0.15, -0.1) is 5.10 Å². The highest BCUT2D eigenvalue weighted by Crippen LogP contribution is 2.26. The normalized spacial score (nSPS) is 25.6. The summed E-state index contributed by atoms with van der Waals surface area (Å²) in [5.41, 5.74) is -0.270. The van der Waals surface area contributed by atoms with Gasteiger partial charge in [0.05, 0.1) is 18.4 Å². The first-order valence-electron chi connectivity index (χ1n) is 6.01. The van der Waals surface area contributed by atoms with Crippen LogP contribution in [0.1, 0.15) is 12.6 Å². The van der Waals surface area contributed by atoms with Crippen LogP contribution in [0.15, 0.2) is 6.20 Å². The number of nitrogens with one attached hydrogen (secondary N) is 1. The van der Waals surface area contributed by atoms with Crippen molar-refractivity contribution in [2.45, 2.75) is 19.5 Å². The molecule has 2 aromatic rings. The average Bonchev–Trinajstić information content (AvgIpc) is 2.73. The maximum Gasteiger partial charge on any atom is 0.214 e. The minimum Gasteiger partial charge on any atom is -0.342 e. The van der Waals surface area contributed by atoms with Gasteiger partial charge in [0, 0.05) is 19.6 Å². The van der Waals surface area contributed by atoms with E-state index >= 15 is 0 Å². The molecule has 1 unspecified atom stereocenters. The van der Waals surface area contributed by atoms with E-state index in [-0.39, 0.29) is 0 Å². The van der Waals surface area contributed by atoms with E-state index in [4.69, 9.17) is 0 Å². The fraction of sp³-hybridized carbons (Fsp3) is 0.636. The first-order valence-corrected chi connectivity index (χ1v) is 6.83. The zero-order chi connectivity index (χ0) is 12.8. The molecule has 2 aromatic heterocycles. The molecule has 0 saturated carbocycles. The van der Waals surface area contributed by atoms with Gasteiger partial charge in [-0.2, -0.15) is 0 Å². The highest BCUT2D eigenvalue weighted by atomic mass is 32.1. The molecule has 98 valence electrons. The van der Waals surface area contributed by atoms with Crippen LogP contribution >= 0.6 is 11.3 Å². The number of anilines is 1. The number of nitrogens with zero attached hydrogens (tertiary/aromatic N) is 4. The molecule has 0 aromatic carbocycles. The molecule has 0 aliphatic carbocycles. The SMILES string of the molecule is Cc1cn2nc(N3CCNCC(C)(F)C3)sc2n1. The standard InChI is InChI=1S/C11H16FN5S/c1-8-5-17-9(14-8)18-10(15-17)16-4-3-13-6-11(2,12)7-16/h5,13H,3-4,6-7H2,1-2H3. The lowest BCUT2D eigenvalue weighted by Crippen LogP contribution is -2.39. The number of rotatable bonds is 1. The molecule has 3 rings (SSSR count). The van der Waals surface area contributed by atoms with Gasteiger partial charge in [0.15, 0.2) is 0 Å². The van der Waals surface area contributed by atoms with Gasteiger partial charge in [0.25, 0.3) is 0 Å². The zero-order valence-corrected chi connectivity index (χ0v) is 11.3. The van der Waals surface area contributed by atoms with E-state index in [2.05, 4.69) is 15.4 Å². The molecule has 0 bridgehead atoms. The highest BCUT2D eigenvalue weighted by Gasteiger charge is 2.30. The maximum atomic E-state index is 14.2. The van der Waals surface area contributed by atoms with Crippen LogP contribution in [0.4, 0.5) is 9.52 Å². The quantitative estimate of drug-likeness (QED) is 0.846. The van der Waals surface area contributed by atoms with Crippen LogP contribution in [0.2, 0.25) is 0 Å². The third-order valence-corrected chi connectivity index (χ3v) is 3.98. The fourth-order valence-corrected chi connectivity index (χ4v) is 3.14. The largest absolute Gasteiger partial charge is 0.342 e. The number of alkyl halides is 1. The van der Waals surface area contributed by atoms with Gasteiger partial charge in [0.2, 0.25) is 10.1 Å². The van der Waals surface area contributed by atoms with Crippen molar-refractivity contribution in [2.75, 3.05) is 31.1 Å². The second-order valence-corrected chi connectivity index (χ2v) is 5.94. The van der Waals surface area contributed by atoms with Crippen molar-refractivity contribution in [1.82, 2.24) is 19.9 Å². The minimum atomic E-state index is -1.22. The molecule has 1 saturated heterocycles. The Balaban J connectivity index is 1.90. The van der Waals surface area contributed by atoms with E-state index in [9.17, 15) is 4.39 Å². The Morgan fingerprint density at radius 1 is 1.56 bits per heavy atom. The lowest BCUT2D eigenvalue weighted by molar-refractivity contribution is 0.201. The summed E-state index contributed by atoms with van der Waals surface area (Å²) in [5, 5.41) is 8.42. The van der Waals surface area contributed by atoms with E-state index in [0.717, 1.165) is 28.9 Å². The Labute approximate surface area is 109 Å². The van der Waals surface area contributed by atoms with Crippen molar-refractivity contribution in [3.05, 3.63) is 11.9 Å². The zero-order valence-electron chi connectivity index (χ0n) is 10.5. The highest BCUT2D eigenvalue weighted by molar-refractivity contribution is 7.20. The van der Waals surface area contributed by atoms with Crippen LogP contribution in [0, 0.1) is 6.92 Å². The number of aryl methyl sites for hydroxylation is 1. The molecule has 1 N–H and O–H groups in total. The van der Waals surface area contributed by atoms with Gasteiger partial charge in [-0.1, -0.05) is 11.3 Å². The number of fused-ring (bicyclic) bond motifs is 1. The number of imidazole rings is 1. The second kappa shape index (κ2) is 4.17. The van der Waals surface area contributed by atoms with E-state index in [1.807, 2.05) is 18.0 Å². The number of aromatic nitrogens is 3. The second-order valence-electron chi connectivity index (χ2n) is 5.01. The van der Waals surface area contributed by atoms with Gasteiger partial charge in [0.1, 0.15) is 5.67 Å². The summed E-state index contributed by atoms with van der Waals surface area (Å²) >= 11 is 1.51. The minimum absolute atomic E-state index is 0.371. The fourth-order valence-electron chi connectivity index (χ4n) is 2.19. The predicted molar refractivity (Wildman–Crippen MR) is 70.2 cm³/mol. The molecular formula is C11H16FN5S. The van der Waals surface area contributed by atoms with Crippen molar-refractivity contribution in [2.24, 2.45) is 0 Å². The topological polar surface area (TPSA) is 45.5 Å². The van der Waals surface area contributed by atoms with Crippen molar-refractivity contribution in [1.29, 1.82) is 0 Å². The number of halogens is 1. The first-order chi connectivity index (χ1) is 8.53. The van der Waals surface area contributed by atoms with E-state index in [1.54, 1.807) is 11.4 Å². The van der Waals surface area contributed by atoms with Crippen LogP contribution in [0.3, 0.4) is 0 Å². The Morgan fingerprint density at radius 2 is 2.39 bits per heavy atom. The number of hydrogen-bond acceptors (Lipinski definition) is 5. The summed E-state index contributed by atoms with van der Waals surface area (Å²) in [6, 6.07) is 0. The van der Waals surface area contributed by atoms with E-state index < -0.39 is 5.67 Å². The Kier molecular flexibility index (Phi) is 2.74. The van der Waals surface area contributed by atoms with Crippen molar-refractivity contribution in [3.8, 4) is 0 Å². The van der Waals surface area contributed by atoms with Crippen LogP contribution in [-0.4, -0.2) is 46.4 Å². The van der Waals surface area contributed by atoms with E-state index in [1.165, 1.54) is 11.3 Å². The molecule has 7 heteroatoms. The molecule has 0 amide bonds. The Bertz CT molecular complexity index is 529. The molecule has 3 heterocycles. The summed E-state index contributed by atoms with van der Waals surface area (Å²) in [6.07, 6.45) is 1.89. The molecule has 1 atom stereocenters. The Morgan fingerprint density at radius 3 is 3.17 bits per heavy atom. The maximum absolute atomic E-state index is 14.2. The third kappa shape index (κ3) is 2.20. The molecule has 1 aliphatic rings. The third-order valence-electron chi connectivity index (χ3n) is 3.00. The average molecular weight is 269 g/mol. The summed E-state index contributed by atoms with van der Waals surface area (Å²) in [5.74, 6) is 0. The van der Waals surface area contributed by atoms with Crippen molar-refractivity contribution < 1.29 is 4.39 Å². The summed E-state index contributed by atoms with van der Waals surface area (Å²) in [4.78, 5) is 7.23. The van der Waals surface area contributed by atoms with Gasteiger partial charge in [-0.3, -0.25) is 0 Å². The predicted octanol–water partition coefficient (Wildman–Crippen LogP) is 1.24. The molecule has 1 fully saturated rings. The van der Waals surface area contributed by atoms with Crippen molar-refractivity contribution in [3.63, 3.8) is 0 Å². The van der Waals surface area contributed by atoms with Crippen LogP contribution in [-0.2, 0) is 0 Å². The van der Waals surface area contributed by atoms with Crippen LogP contribution < -0.4 is 10.2 Å². The molecule has 5 nitrogen and oxygen atoms in total. The lowest BCUT2D eigenvalue weighted by Gasteiger charge is -2.24. The Hall–Kier alpha value is -1.21. The molecule has 0 radical (unpaired) electrons. The van der Waals surface area contributed by atoms with E-state index in [0.29, 0.717) is 13.1 Å².